The third-order valence-electron chi connectivity index (χ3n) is 7.20. The Morgan fingerprint density at radius 2 is 2.02 bits per heavy atom. The van der Waals surface area contributed by atoms with Crippen molar-refractivity contribution in [3.05, 3.63) is 54.5 Å². The lowest BCUT2D eigenvalue weighted by atomic mass is 9.93. The summed E-state index contributed by atoms with van der Waals surface area (Å²) in [6, 6.07) is 12.7. The topological polar surface area (TPSA) is 191 Å². The maximum atomic E-state index is 14.2. The number of nitrogens with one attached hydrogen (secondary N) is 1. The van der Waals surface area contributed by atoms with Gasteiger partial charge in [0.1, 0.15) is 48.5 Å². The van der Waals surface area contributed by atoms with Crippen molar-refractivity contribution in [1.82, 2.24) is 19.7 Å². The molecule has 5 rings (SSSR count). The van der Waals surface area contributed by atoms with Crippen LogP contribution in [0.5, 0.6) is 5.75 Å². The van der Waals surface area contributed by atoms with Gasteiger partial charge in [0.05, 0.1) is 25.5 Å². The summed E-state index contributed by atoms with van der Waals surface area (Å²) >= 11 is 0. The summed E-state index contributed by atoms with van der Waals surface area (Å²) in [4.78, 5) is 16.7. The van der Waals surface area contributed by atoms with E-state index in [1.807, 2.05) is 0 Å². The molecule has 2 aromatic heterocycles. The van der Waals surface area contributed by atoms with E-state index in [9.17, 15) is 14.6 Å². The number of esters is 1. The van der Waals surface area contributed by atoms with E-state index in [0.29, 0.717) is 24.4 Å². The molecule has 0 radical (unpaired) electrons. The first-order valence-corrected chi connectivity index (χ1v) is 15.4. The minimum Gasteiger partial charge on any atom is -0.464 e. The van der Waals surface area contributed by atoms with Crippen LogP contribution in [0.4, 0.5) is 5.82 Å². The number of carbonyl (C=O) groups excluding carboxylic acids is 1. The third kappa shape index (κ3) is 6.72. The van der Waals surface area contributed by atoms with Crippen LogP contribution in [0.1, 0.15) is 32.6 Å². The van der Waals surface area contributed by atoms with Crippen molar-refractivity contribution in [1.29, 1.82) is 5.26 Å². The SMILES string of the molecule is COC(C#N)(COP(=O)(N[C@@H](C)C(=O)OCC1COC1)Oc1ccccc1)[C@H]1OC(C)(C)O[C@H]1c1ccc2c(N)ncnn12. The Morgan fingerprint density at radius 1 is 1.27 bits per heavy atom. The molecule has 2 saturated heterocycles. The maximum absolute atomic E-state index is 14.2. The van der Waals surface area contributed by atoms with Gasteiger partial charge in [0, 0.05) is 13.0 Å². The first kappa shape index (κ1) is 31.8. The molecule has 44 heavy (non-hydrogen) atoms. The van der Waals surface area contributed by atoms with E-state index < -0.39 is 50.0 Å². The number of ether oxygens (including phenoxy) is 5. The number of aromatic nitrogens is 3. The molecular weight excluding hydrogens is 595 g/mol. The van der Waals surface area contributed by atoms with E-state index in [4.69, 9.17) is 38.5 Å². The Hall–Kier alpha value is -3.61. The number of nitriles is 1. The van der Waals surface area contributed by atoms with Crippen molar-refractivity contribution in [3.63, 3.8) is 0 Å². The van der Waals surface area contributed by atoms with Crippen molar-refractivity contribution in [2.45, 2.75) is 50.4 Å². The highest BCUT2D eigenvalue weighted by Gasteiger charge is 2.56. The van der Waals surface area contributed by atoms with Crippen molar-refractivity contribution in [3.8, 4) is 11.8 Å². The van der Waals surface area contributed by atoms with Crippen molar-refractivity contribution >= 4 is 25.1 Å². The molecule has 15 nitrogen and oxygen atoms in total. The van der Waals surface area contributed by atoms with Crippen molar-refractivity contribution in [2.24, 2.45) is 5.92 Å². The van der Waals surface area contributed by atoms with E-state index in [0.717, 1.165) is 0 Å². The molecule has 2 unspecified atom stereocenters. The van der Waals surface area contributed by atoms with Gasteiger partial charge in [0.15, 0.2) is 11.6 Å². The number of anilines is 1. The average Bonchev–Trinajstić information content (AvgIpc) is 3.55. The number of benzene rings is 1. The fourth-order valence-corrected chi connectivity index (χ4v) is 6.31. The number of hydrogen-bond donors (Lipinski definition) is 2. The second-order valence-corrected chi connectivity index (χ2v) is 12.6. The summed E-state index contributed by atoms with van der Waals surface area (Å²) in [5.74, 6) is -1.26. The summed E-state index contributed by atoms with van der Waals surface area (Å²) in [5.41, 5.74) is 5.18. The average molecular weight is 631 g/mol. The lowest BCUT2D eigenvalue weighted by Crippen LogP contribution is -2.50. The molecule has 2 fully saturated rings. The zero-order valence-electron chi connectivity index (χ0n) is 24.7. The predicted octanol–water partition coefficient (Wildman–Crippen LogP) is 2.78. The van der Waals surface area contributed by atoms with Crippen LogP contribution in [0.3, 0.4) is 0 Å². The molecule has 2 aliphatic rings. The summed E-state index contributed by atoms with van der Waals surface area (Å²) in [7, 11) is -3.06. The first-order chi connectivity index (χ1) is 21.0. The lowest BCUT2D eigenvalue weighted by Gasteiger charge is -2.34. The number of methoxy groups -OCH3 is 1. The Bertz CT molecular complexity index is 1560. The first-order valence-electron chi connectivity index (χ1n) is 13.9. The number of fused-ring (bicyclic) bond motifs is 1. The monoisotopic (exact) mass is 630 g/mol. The molecule has 0 bridgehead atoms. The van der Waals surface area contributed by atoms with E-state index in [-0.39, 0.29) is 24.1 Å². The van der Waals surface area contributed by atoms with Gasteiger partial charge in [-0.2, -0.15) is 15.4 Å². The molecule has 3 aromatic rings. The van der Waals surface area contributed by atoms with Gasteiger partial charge in [-0.1, -0.05) is 18.2 Å². The van der Waals surface area contributed by atoms with Gasteiger partial charge >= 0.3 is 13.7 Å². The smallest absolute Gasteiger partial charge is 0.459 e. The highest BCUT2D eigenvalue weighted by molar-refractivity contribution is 7.52. The van der Waals surface area contributed by atoms with Crippen LogP contribution < -0.4 is 15.3 Å². The van der Waals surface area contributed by atoms with Crippen molar-refractivity contribution in [2.75, 3.05) is 39.3 Å². The van der Waals surface area contributed by atoms with Gasteiger partial charge in [0.25, 0.3) is 0 Å². The summed E-state index contributed by atoms with van der Waals surface area (Å²) < 4.78 is 56.0. The van der Waals surface area contributed by atoms with Crippen LogP contribution >= 0.6 is 7.75 Å². The fourth-order valence-electron chi connectivity index (χ4n) is 4.79. The predicted molar refractivity (Wildman–Crippen MR) is 154 cm³/mol. The Balaban J connectivity index is 1.41. The zero-order valence-corrected chi connectivity index (χ0v) is 25.6. The van der Waals surface area contributed by atoms with Gasteiger partial charge in [-0.05, 0) is 45.0 Å². The molecule has 236 valence electrons. The Morgan fingerprint density at radius 3 is 2.68 bits per heavy atom. The minimum atomic E-state index is -4.36. The van der Waals surface area contributed by atoms with Crippen LogP contribution in [-0.2, 0) is 37.6 Å². The molecular formula is C28H35N6O9P. The number of carbonyl (C=O) groups is 1. The summed E-state index contributed by atoms with van der Waals surface area (Å²) in [6.45, 7) is 5.40. The normalized spacial score (nSPS) is 23.2. The van der Waals surface area contributed by atoms with Gasteiger partial charge in [-0.25, -0.2) is 14.1 Å². The molecule has 0 amide bonds. The number of nitrogen functional groups attached to an aromatic ring is 1. The van der Waals surface area contributed by atoms with Crippen LogP contribution in [0, 0.1) is 17.2 Å². The van der Waals surface area contributed by atoms with Gasteiger partial charge in [-0.15, -0.1) is 0 Å². The molecule has 16 heteroatoms. The molecule has 0 spiro atoms. The second kappa shape index (κ2) is 12.8. The van der Waals surface area contributed by atoms with Crippen molar-refractivity contribution < 1.29 is 42.1 Å². The van der Waals surface area contributed by atoms with E-state index >= 15 is 0 Å². The van der Waals surface area contributed by atoms with Crippen LogP contribution in [0.15, 0.2) is 48.8 Å². The molecule has 2 aliphatic heterocycles. The maximum Gasteiger partial charge on any atom is 0.459 e. The molecule has 0 aliphatic carbocycles. The quantitative estimate of drug-likeness (QED) is 0.207. The number of rotatable bonds is 13. The van der Waals surface area contributed by atoms with Gasteiger partial charge < -0.3 is 33.9 Å². The Kier molecular flexibility index (Phi) is 9.24. The molecule has 0 saturated carbocycles. The number of hydrogen-bond acceptors (Lipinski definition) is 13. The van der Waals surface area contributed by atoms with Crippen LogP contribution in [0.2, 0.25) is 0 Å². The van der Waals surface area contributed by atoms with Crippen LogP contribution in [-0.4, -0.2) is 77.6 Å². The minimum absolute atomic E-state index is 0.110. The summed E-state index contributed by atoms with van der Waals surface area (Å²) in [5, 5.41) is 17.4. The zero-order chi connectivity index (χ0) is 31.5. The standard InChI is InChI=1S/C28H35N6O9P/c1-18(26(35)39-14-19-12-38-13-19)33-44(36,43-20-8-6-5-7-9-20)40-16-28(15-29,37-4)24-23(41-27(2,3)42-24)21-10-11-22-25(30)31-17-32-34(21)22/h5-11,17-19,23-24H,12-14,16H2,1-4H3,(H,33,36)(H2,30,31,32)/t18-,23-,24-,28?,44?/m0/s1. The van der Waals surface area contributed by atoms with E-state index in [1.165, 1.54) is 24.9 Å². The number of para-hydroxylation sites is 1. The molecule has 3 N–H and O–H groups in total. The third-order valence-corrected chi connectivity index (χ3v) is 8.83. The second-order valence-electron chi connectivity index (χ2n) is 10.9. The molecule has 5 atom stereocenters. The lowest BCUT2D eigenvalue weighted by molar-refractivity contribution is -0.171. The van der Waals surface area contributed by atoms with Gasteiger partial charge in [-0.3, -0.25) is 9.32 Å². The van der Waals surface area contributed by atoms with E-state index in [2.05, 4.69) is 21.2 Å². The van der Waals surface area contributed by atoms with Gasteiger partial charge in [0.2, 0.25) is 5.60 Å². The highest BCUT2D eigenvalue weighted by Crippen LogP contribution is 2.49. The highest BCUT2D eigenvalue weighted by atomic mass is 31.2. The number of nitrogens with zero attached hydrogens (tertiary/aromatic N) is 4. The molecule has 1 aromatic carbocycles. The summed E-state index contributed by atoms with van der Waals surface area (Å²) in [6.07, 6.45) is -0.718. The molecule has 4 heterocycles. The Labute approximate surface area is 254 Å². The van der Waals surface area contributed by atoms with Crippen LogP contribution in [0.25, 0.3) is 5.52 Å². The largest absolute Gasteiger partial charge is 0.464 e. The number of nitrogens with two attached hydrogens (primary N) is 1. The fraction of sp³-hybridized carbons (Fsp3) is 0.500. The van der Waals surface area contributed by atoms with E-state index in [1.54, 1.807) is 56.3 Å².